The molecule has 2 fully saturated rings. The van der Waals surface area contributed by atoms with Crippen molar-refractivity contribution in [3.05, 3.63) is 18.0 Å². The van der Waals surface area contributed by atoms with E-state index >= 15 is 0 Å². The molecule has 0 aliphatic heterocycles. The number of ether oxygens (including phenoxy) is 1. The van der Waals surface area contributed by atoms with E-state index in [0.717, 1.165) is 22.5 Å². The molecule has 10 nitrogen and oxygen atoms in total. The zero-order valence-corrected chi connectivity index (χ0v) is 20.0. The van der Waals surface area contributed by atoms with Gasteiger partial charge in [0, 0.05) is 25.3 Å². The van der Waals surface area contributed by atoms with Gasteiger partial charge in [0.25, 0.3) is 0 Å². The standard InChI is InChI=1S/C23H30N6O4S/c1-3-33-21-17-15(6-7-24-21)34-22(28-17)16-11(2)26-23(25-9-12-4-5-12)29-20(16)27-14-8-13(10-30)18(31)19(14)32/h6-7,12-14,18-19,30-32H,3-5,8-10H2,1-2H3,(H2,25,26,27,29)/t13-,14?,18-,19+/m1/s1. The van der Waals surface area contributed by atoms with Crippen LogP contribution in [-0.2, 0) is 0 Å². The van der Waals surface area contributed by atoms with Crippen LogP contribution in [0.3, 0.4) is 0 Å². The molecule has 0 radical (unpaired) electrons. The highest BCUT2D eigenvalue weighted by Gasteiger charge is 2.41. The number of thiazole rings is 1. The van der Waals surface area contributed by atoms with Crippen LogP contribution in [0.15, 0.2) is 12.3 Å². The van der Waals surface area contributed by atoms with E-state index < -0.39 is 24.2 Å². The lowest BCUT2D eigenvalue weighted by molar-refractivity contribution is 0.00446. The number of fused-ring (bicyclic) bond motifs is 1. The fourth-order valence-electron chi connectivity index (χ4n) is 4.38. The van der Waals surface area contributed by atoms with E-state index in [2.05, 4.69) is 20.6 Å². The predicted octanol–water partition coefficient (Wildman–Crippen LogP) is 2.19. The molecule has 34 heavy (non-hydrogen) atoms. The zero-order chi connectivity index (χ0) is 23.8. The van der Waals surface area contributed by atoms with E-state index in [1.54, 1.807) is 6.20 Å². The highest BCUT2D eigenvalue weighted by atomic mass is 32.1. The summed E-state index contributed by atoms with van der Waals surface area (Å²) in [6.45, 7) is 4.94. The maximum Gasteiger partial charge on any atom is 0.241 e. The summed E-state index contributed by atoms with van der Waals surface area (Å²) in [5, 5.41) is 37.8. The van der Waals surface area contributed by atoms with Gasteiger partial charge in [0.05, 0.1) is 34.7 Å². The van der Waals surface area contributed by atoms with Gasteiger partial charge in [-0.05, 0) is 45.1 Å². The van der Waals surface area contributed by atoms with Crippen molar-refractivity contribution in [2.45, 2.75) is 51.4 Å². The van der Waals surface area contributed by atoms with Crippen molar-refractivity contribution < 1.29 is 20.1 Å². The molecule has 5 N–H and O–H groups in total. The molecule has 2 aliphatic rings. The van der Waals surface area contributed by atoms with Gasteiger partial charge in [-0.1, -0.05) is 0 Å². The molecule has 3 aromatic rings. The summed E-state index contributed by atoms with van der Waals surface area (Å²) in [7, 11) is 0. The number of aryl methyl sites for hydroxylation is 1. The summed E-state index contributed by atoms with van der Waals surface area (Å²) in [5.41, 5.74) is 2.16. The molecule has 5 rings (SSSR count). The molecule has 0 spiro atoms. The quantitative estimate of drug-likeness (QED) is 0.305. The first-order valence-electron chi connectivity index (χ1n) is 11.7. The number of hydrogen-bond donors (Lipinski definition) is 5. The number of aromatic nitrogens is 4. The Labute approximate surface area is 201 Å². The molecule has 1 unspecified atom stereocenters. The predicted molar refractivity (Wildman–Crippen MR) is 130 cm³/mol. The summed E-state index contributed by atoms with van der Waals surface area (Å²) < 4.78 is 6.59. The molecule has 0 amide bonds. The molecular weight excluding hydrogens is 456 g/mol. The van der Waals surface area contributed by atoms with E-state index in [1.165, 1.54) is 24.2 Å². The first-order chi connectivity index (χ1) is 16.5. The van der Waals surface area contributed by atoms with Gasteiger partial charge in [0.2, 0.25) is 11.8 Å². The first-order valence-corrected chi connectivity index (χ1v) is 12.5. The van der Waals surface area contributed by atoms with Crippen molar-refractivity contribution in [1.82, 2.24) is 19.9 Å². The van der Waals surface area contributed by atoms with Gasteiger partial charge in [-0.2, -0.15) is 4.98 Å². The van der Waals surface area contributed by atoms with Crippen LogP contribution in [0.4, 0.5) is 11.8 Å². The number of nitrogens with zero attached hydrogens (tertiary/aromatic N) is 4. The lowest BCUT2D eigenvalue weighted by Gasteiger charge is -2.21. The minimum atomic E-state index is -1.02. The van der Waals surface area contributed by atoms with E-state index in [9.17, 15) is 15.3 Å². The van der Waals surface area contributed by atoms with Crippen molar-refractivity contribution in [3.63, 3.8) is 0 Å². The van der Waals surface area contributed by atoms with Crippen molar-refractivity contribution in [2.75, 3.05) is 30.4 Å². The fraction of sp³-hybridized carbons (Fsp3) is 0.565. The third-order valence-electron chi connectivity index (χ3n) is 6.46. The van der Waals surface area contributed by atoms with Crippen LogP contribution in [0, 0.1) is 18.8 Å². The summed E-state index contributed by atoms with van der Waals surface area (Å²) in [5.74, 6) is 1.80. The van der Waals surface area contributed by atoms with E-state index in [4.69, 9.17) is 14.7 Å². The molecule has 2 saturated carbocycles. The second-order valence-electron chi connectivity index (χ2n) is 9.01. The number of pyridine rings is 1. The molecule has 11 heteroatoms. The number of hydrogen-bond acceptors (Lipinski definition) is 11. The normalized spacial score (nSPS) is 24.5. The van der Waals surface area contributed by atoms with E-state index in [1.807, 2.05) is 19.9 Å². The van der Waals surface area contributed by atoms with Crippen LogP contribution in [0.5, 0.6) is 5.88 Å². The number of rotatable bonds is 9. The van der Waals surface area contributed by atoms with Gasteiger partial charge >= 0.3 is 0 Å². The molecule has 182 valence electrons. The lowest BCUT2D eigenvalue weighted by Crippen LogP contribution is -2.35. The third kappa shape index (κ3) is 4.52. The average molecular weight is 487 g/mol. The molecule has 2 aliphatic carbocycles. The molecule has 3 heterocycles. The van der Waals surface area contributed by atoms with Gasteiger partial charge in [0.15, 0.2) is 0 Å². The van der Waals surface area contributed by atoms with Crippen LogP contribution in [0.25, 0.3) is 20.8 Å². The monoisotopic (exact) mass is 486 g/mol. The van der Waals surface area contributed by atoms with Gasteiger partial charge in [-0.25, -0.2) is 15.0 Å². The lowest BCUT2D eigenvalue weighted by atomic mass is 10.1. The maximum atomic E-state index is 10.6. The highest BCUT2D eigenvalue weighted by Crippen LogP contribution is 2.39. The van der Waals surface area contributed by atoms with E-state index in [0.29, 0.717) is 47.1 Å². The van der Waals surface area contributed by atoms with Gasteiger partial charge in [-0.15, -0.1) is 11.3 Å². The Morgan fingerprint density at radius 2 is 2.00 bits per heavy atom. The van der Waals surface area contributed by atoms with Crippen LogP contribution in [-0.4, -0.2) is 73.3 Å². The largest absolute Gasteiger partial charge is 0.476 e. The Hall–Kier alpha value is -2.60. The highest BCUT2D eigenvalue weighted by molar-refractivity contribution is 7.21. The molecular formula is C23H30N6O4S. The van der Waals surface area contributed by atoms with E-state index in [-0.39, 0.29) is 6.61 Å². The molecule has 0 aromatic carbocycles. The molecule has 4 atom stereocenters. The molecule has 3 aromatic heterocycles. The Kier molecular flexibility index (Phi) is 6.52. The van der Waals surface area contributed by atoms with Crippen molar-refractivity contribution >= 4 is 33.3 Å². The van der Waals surface area contributed by atoms with Gasteiger partial charge < -0.3 is 30.7 Å². The van der Waals surface area contributed by atoms with Crippen LogP contribution in [0.2, 0.25) is 0 Å². The Morgan fingerprint density at radius 1 is 1.18 bits per heavy atom. The third-order valence-corrected chi connectivity index (χ3v) is 7.50. The van der Waals surface area contributed by atoms with Crippen molar-refractivity contribution in [2.24, 2.45) is 11.8 Å². The molecule has 0 saturated heterocycles. The summed E-state index contributed by atoms with van der Waals surface area (Å²) in [6, 6.07) is 1.43. The van der Waals surface area contributed by atoms with Gasteiger partial charge in [0.1, 0.15) is 22.4 Å². The fourth-order valence-corrected chi connectivity index (χ4v) is 5.43. The van der Waals surface area contributed by atoms with Crippen LogP contribution >= 0.6 is 11.3 Å². The first kappa shape index (κ1) is 23.2. The van der Waals surface area contributed by atoms with Gasteiger partial charge in [-0.3, -0.25) is 0 Å². The second-order valence-corrected chi connectivity index (χ2v) is 10.0. The minimum absolute atomic E-state index is 0.189. The summed E-state index contributed by atoms with van der Waals surface area (Å²) in [6.07, 6.45) is 2.53. The topological polar surface area (TPSA) is 146 Å². The average Bonchev–Trinajstić information content (AvgIpc) is 3.49. The zero-order valence-electron chi connectivity index (χ0n) is 19.2. The van der Waals surface area contributed by atoms with Crippen LogP contribution in [0.1, 0.15) is 31.9 Å². The summed E-state index contributed by atoms with van der Waals surface area (Å²) >= 11 is 1.49. The SMILES string of the molecule is CCOc1nccc2sc(-c3c(C)nc(NCC4CC4)nc3NC3C[C@H](CO)[C@@H](O)[C@H]3O)nc12. The Bertz CT molecular complexity index is 1170. The Morgan fingerprint density at radius 3 is 2.71 bits per heavy atom. The Balaban J connectivity index is 1.54. The van der Waals surface area contributed by atoms with Crippen molar-refractivity contribution in [1.29, 1.82) is 0 Å². The number of aliphatic hydroxyl groups is 3. The summed E-state index contributed by atoms with van der Waals surface area (Å²) in [4.78, 5) is 18.6. The smallest absolute Gasteiger partial charge is 0.241 e. The minimum Gasteiger partial charge on any atom is -0.476 e. The number of aliphatic hydroxyl groups excluding tert-OH is 3. The van der Waals surface area contributed by atoms with Crippen molar-refractivity contribution in [3.8, 4) is 16.5 Å². The maximum absolute atomic E-state index is 10.6. The number of nitrogens with one attached hydrogen (secondary N) is 2. The van der Waals surface area contributed by atoms with Crippen LogP contribution < -0.4 is 15.4 Å². The molecule has 0 bridgehead atoms. The second kappa shape index (κ2) is 9.57. The number of anilines is 2.